The molecule has 17 heavy (non-hydrogen) atoms. The Bertz CT molecular complexity index is 302. The summed E-state index contributed by atoms with van der Waals surface area (Å²) in [7, 11) is 0. The van der Waals surface area contributed by atoms with Gasteiger partial charge in [0.2, 0.25) is 0 Å². The van der Waals surface area contributed by atoms with Gasteiger partial charge in [-0.3, -0.25) is 4.98 Å². The van der Waals surface area contributed by atoms with Crippen LogP contribution in [-0.2, 0) is 0 Å². The molecule has 0 amide bonds. The second-order valence-electron chi connectivity index (χ2n) is 5.49. The van der Waals surface area contributed by atoms with Crippen LogP contribution in [0.2, 0.25) is 0 Å². The molecule has 1 atom stereocenters. The molecule has 1 N–H and O–H groups in total. The normalized spacial score (nSPS) is 26.9. The van der Waals surface area contributed by atoms with E-state index >= 15 is 0 Å². The number of hydrogen-bond donors (Lipinski definition) is 1. The average Bonchev–Trinajstić information content (AvgIpc) is 2.85. The number of hydrogen-bond acceptors (Lipinski definition) is 3. The van der Waals surface area contributed by atoms with Crippen LogP contribution in [-0.4, -0.2) is 11.5 Å². The molecule has 1 unspecified atom stereocenters. The quantitative estimate of drug-likeness (QED) is 0.856. The largest absolute Gasteiger partial charge is 0.309 e. The van der Waals surface area contributed by atoms with Crippen LogP contribution < -0.4 is 5.32 Å². The molecule has 0 aliphatic heterocycles. The van der Waals surface area contributed by atoms with Gasteiger partial charge in [-0.1, -0.05) is 32.6 Å². The summed E-state index contributed by atoms with van der Waals surface area (Å²) in [6.07, 6.45) is 9.08. The summed E-state index contributed by atoms with van der Waals surface area (Å²) in [6, 6.07) is 0.463. The van der Waals surface area contributed by atoms with Gasteiger partial charge in [0.15, 0.2) is 0 Å². The van der Waals surface area contributed by atoms with Crippen LogP contribution in [0, 0.1) is 11.8 Å². The number of aromatic nitrogens is 1. The van der Waals surface area contributed by atoms with Crippen molar-refractivity contribution in [1.82, 2.24) is 10.3 Å². The van der Waals surface area contributed by atoms with Crippen molar-refractivity contribution in [2.24, 2.45) is 11.8 Å². The molecule has 1 fully saturated rings. The highest BCUT2D eigenvalue weighted by Crippen LogP contribution is 2.30. The zero-order valence-corrected chi connectivity index (χ0v) is 11.8. The van der Waals surface area contributed by atoms with Crippen LogP contribution in [0.5, 0.6) is 0 Å². The third-order valence-electron chi connectivity index (χ3n) is 4.02. The Hall–Kier alpha value is -0.410. The van der Waals surface area contributed by atoms with Gasteiger partial charge in [-0.15, -0.1) is 11.3 Å². The average molecular weight is 252 g/mol. The Morgan fingerprint density at radius 2 is 2.18 bits per heavy atom. The lowest BCUT2D eigenvalue weighted by Gasteiger charge is -2.26. The summed E-state index contributed by atoms with van der Waals surface area (Å²) in [4.78, 5) is 5.48. The van der Waals surface area contributed by atoms with Crippen molar-refractivity contribution in [3.63, 3.8) is 0 Å². The molecule has 0 radical (unpaired) electrons. The van der Waals surface area contributed by atoms with Gasteiger partial charge in [-0.2, -0.15) is 0 Å². The number of rotatable bonds is 5. The predicted molar refractivity (Wildman–Crippen MR) is 74.3 cm³/mol. The Labute approximate surface area is 109 Å². The third-order valence-corrected chi connectivity index (χ3v) is 4.97. The summed E-state index contributed by atoms with van der Waals surface area (Å²) in [5, 5.41) is 3.61. The maximum absolute atomic E-state index is 4.13. The van der Waals surface area contributed by atoms with Gasteiger partial charge in [-0.25, -0.2) is 0 Å². The van der Waals surface area contributed by atoms with Gasteiger partial charge in [0, 0.05) is 17.1 Å². The Balaban J connectivity index is 1.63. The van der Waals surface area contributed by atoms with E-state index in [0.29, 0.717) is 6.04 Å². The van der Waals surface area contributed by atoms with Crippen molar-refractivity contribution in [2.75, 3.05) is 6.54 Å². The van der Waals surface area contributed by atoms with Crippen LogP contribution in [0.3, 0.4) is 0 Å². The summed E-state index contributed by atoms with van der Waals surface area (Å²) in [6.45, 7) is 5.77. The number of nitrogens with one attached hydrogen (secondary N) is 1. The summed E-state index contributed by atoms with van der Waals surface area (Å²) in [5.74, 6) is 1.93. The van der Waals surface area contributed by atoms with E-state index in [1.54, 1.807) is 11.3 Å². The van der Waals surface area contributed by atoms with E-state index in [1.807, 2.05) is 11.7 Å². The van der Waals surface area contributed by atoms with E-state index < -0.39 is 0 Å². The minimum atomic E-state index is 0.463. The molecule has 2 rings (SSSR count). The molecule has 0 aromatic carbocycles. The van der Waals surface area contributed by atoms with Crippen molar-refractivity contribution >= 4 is 11.3 Å². The molecule has 1 aromatic rings. The second kappa shape index (κ2) is 6.50. The maximum Gasteiger partial charge on any atom is 0.0794 e. The van der Waals surface area contributed by atoms with Gasteiger partial charge >= 0.3 is 0 Å². The van der Waals surface area contributed by atoms with E-state index in [0.717, 1.165) is 18.4 Å². The van der Waals surface area contributed by atoms with E-state index in [2.05, 4.69) is 24.1 Å². The first kappa shape index (κ1) is 13.0. The molecule has 0 spiro atoms. The second-order valence-corrected chi connectivity index (χ2v) is 6.41. The van der Waals surface area contributed by atoms with Crippen LogP contribution >= 0.6 is 11.3 Å². The summed E-state index contributed by atoms with van der Waals surface area (Å²) < 4.78 is 0. The van der Waals surface area contributed by atoms with Crippen LogP contribution in [0.15, 0.2) is 11.7 Å². The van der Waals surface area contributed by atoms with Crippen LogP contribution in [0.4, 0.5) is 0 Å². The van der Waals surface area contributed by atoms with Gasteiger partial charge < -0.3 is 5.32 Å². The van der Waals surface area contributed by atoms with E-state index in [9.17, 15) is 0 Å². The van der Waals surface area contributed by atoms with Gasteiger partial charge in [-0.05, 0) is 31.7 Å². The van der Waals surface area contributed by atoms with Crippen molar-refractivity contribution < 1.29 is 0 Å². The fourth-order valence-electron chi connectivity index (χ4n) is 2.66. The monoisotopic (exact) mass is 252 g/mol. The molecular formula is C14H24N2S. The predicted octanol–water partition coefficient (Wildman–Crippen LogP) is 4.01. The molecule has 1 saturated carbocycles. The topological polar surface area (TPSA) is 24.9 Å². The summed E-state index contributed by atoms with van der Waals surface area (Å²) in [5.41, 5.74) is 1.91. The molecule has 2 nitrogen and oxygen atoms in total. The van der Waals surface area contributed by atoms with Crippen LogP contribution in [0.25, 0.3) is 0 Å². The minimum Gasteiger partial charge on any atom is -0.309 e. The molecule has 1 aliphatic carbocycles. The van der Waals surface area contributed by atoms with Crippen molar-refractivity contribution in [3.05, 3.63) is 16.6 Å². The summed E-state index contributed by atoms with van der Waals surface area (Å²) >= 11 is 1.74. The Morgan fingerprint density at radius 3 is 2.82 bits per heavy atom. The van der Waals surface area contributed by atoms with Crippen molar-refractivity contribution in [2.45, 2.75) is 52.0 Å². The minimum absolute atomic E-state index is 0.463. The molecule has 96 valence electrons. The fourth-order valence-corrected chi connectivity index (χ4v) is 3.31. The molecule has 0 saturated heterocycles. The number of nitrogens with zero attached hydrogens (tertiary/aromatic N) is 1. The SMILES string of the molecule is CC1CCC(CCNC(C)c2cncs2)CC1. The first-order valence-electron chi connectivity index (χ1n) is 6.87. The smallest absolute Gasteiger partial charge is 0.0794 e. The van der Waals surface area contributed by atoms with Gasteiger partial charge in [0.1, 0.15) is 0 Å². The Morgan fingerprint density at radius 1 is 1.41 bits per heavy atom. The lowest BCUT2D eigenvalue weighted by Crippen LogP contribution is -2.23. The Kier molecular flexibility index (Phi) is 4.99. The maximum atomic E-state index is 4.13. The van der Waals surface area contributed by atoms with Crippen molar-refractivity contribution in [1.29, 1.82) is 0 Å². The highest BCUT2D eigenvalue weighted by molar-refractivity contribution is 7.09. The zero-order chi connectivity index (χ0) is 12.1. The first-order valence-corrected chi connectivity index (χ1v) is 7.75. The van der Waals surface area contributed by atoms with Crippen molar-refractivity contribution in [3.8, 4) is 0 Å². The lowest BCUT2D eigenvalue weighted by atomic mass is 9.81. The van der Waals surface area contributed by atoms with Crippen LogP contribution in [0.1, 0.15) is 56.9 Å². The molecule has 1 aromatic heterocycles. The van der Waals surface area contributed by atoms with E-state index in [4.69, 9.17) is 0 Å². The zero-order valence-electron chi connectivity index (χ0n) is 11.0. The first-order chi connectivity index (χ1) is 8.25. The highest BCUT2D eigenvalue weighted by Gasteiger charge is 2.18. The molecule has 1 aliphatic rings. The van der Waals surface area contributed by atoms with Gasteiger partial charge in [0.25, 0.3) is 0 Å². The van der Waals surface area contributed by atoms with E-state index in [1.165, 1.54) is 37.0 Å². The molecule has 0 bridgehead atoms. The third kappa shape index (κ3) is 4.07. The lowest BCUT2D eigenvalue weighted by molar-refractivity contribution is 0.273. The molecule has 1 heterocycles. The standard InChI is InChI=1S/C14H24N2S/c1-11-3-5-13(6-4-11)7-8-16-12(2)14-9-15-10-17-14/h9-13,16H,3-8H2,1-2H3. The van der Waals surface area contributed by atoms with E-state index in [-0.39, 0.29) is 0 Å². The van der Waals surface area contributed by atoms with Gasteiger partial charge in [0.05, 0.1) is 5.51 Å². The highest BCUT2D eigenvalue weighted by atomic mass is 32.1. The molecule has 3 heteroatoms. The number of thiazole rings is 1. The fraction of sp³-hybridized carbons (Fsp3) is 0.786. The molecular weight excluding hydrogens is 228 g/mol.